The molecule has 2 aromatic rings. The molecule has 0 amide bonds. The van der Waals surface area contributed by atoms with Crippen LogP contribution in [0.15, 0.2) is 45.3 Å². The van der Waals surface area contributed by atoms with Gasteiger partial charge in [-0.1, -0.05) is 33.6 Å². The highest BCUT2D eigenvalue weighted by Crippen LogP contribution is 2.23. The SMILES string of the molecule is Fc1ccc(Br)c(CNCc2ccc(Cl)c(Br)c2)c1. The van der Waals surface area contributed by atoms with Crippen LogP contribution in [0, 0.1) is 5.82 Å². The summed E-state index contributed by atoms with van der Waals surface area (Å²) in [7, 11) is 0. The standard InChI is InChI=1S/C14H11Br2ClFN/c15-12-3-2-11(18)6-10(12)8-19-7-9-1-4-14(17)13(16)5-9/h1-6,19H,7-8H2. The monoisotopic (exact) mass is 405 g/mol. The fourth-order valence-corrected chi connectivity index (χ4v) is 2.60. The van der Waals surface area contributed by atoms with E-state index in [0.29, 0.717) is 18.1 Å². The fraction of sp³-hybridized carbons (Fsp3) is 0.143. The van der Waals surface area contributed by atoms with Crippen LogP contribution < -0.4 is 5.32 Å². The molecule has 0 bridgehead atoms. The van der Waals surface area contributed by atoms with Crippen LogP contribution in [0.4, 0.5) is 4.39 Å². The number of rotatable bonds is 4. The van der Waals surface area contributed by atoms with Crippen LogP contribution >= 0.6 is 43.5 Å². The van der Waals surface area contributed by atoms with Gasteiger partial charge in [-0.15, -0.1) is 0 Å². The fourth-order valence-electron chi connectivity index (χ4n) is 1.67. The molecule has 0 aliphatic carbocycles. The van der Waals surface area contributed by atoms with Crippen LogP contribution in [0.3, 0.4) is 0 Å². The van der Waals surface area contributed by atoms with Crippen molar-refractivity contribution in [2.24, 2.45) is 0 Å². The van der Waals surface area contributed by atoms with E-state index in [4.69, 9.17) is 11.6 Å². The van der Waals surface area contributed by atoms with E-state index >= 15 is 0 Å². The topological polar surface area (TPSA) is 12.0 Å². The zero-order chi connectivity index (χ0) is 13.8. The Morgan fingerprint density at radius 1 is 1.00 bits per heavy atom. The number of hydrogen-bond donors (Lipinski definition) is 1. The van der Waals surface area contributed by atoms with E-state index in [2.05, 4.69) is 37.2 Å². The van der Waals surface area contributed by atoms with Gasteiger partial charge >= 0.3 is 0 Å². The lowest BCUT2D eigenvalue weighted by molar-refractivity contribution is 0.619. The predicted octanol–water partition coefficient (Wildman–Crippen LogP) is 5.29. The Morgan fingerprint density at radius 2 is 1.79 bits per heavy atom. The summed E-state index contributed by atoms with van der Waals surface area (Å²) in [4.78, 5) is 0. The van der Waals surface area contributed by atoms with Crippen LogP contribution in [-0.2, 0) is 13.1 Å². The molecule has 0 saturated carbocycles. The van der Waals surface area contributed by atoms with Crippen molar-refractivity contribution in [2.45, 2.75) is 13.1 Å². The van der Waals surface area contributed by atoms with Crippen molar-refractivity contribution >= 4 is 43.5 Å². The highest BCUT2D eigenvalue weighted by atomic mass is 79.9. The van der Waals surface area contributed by atoms with Gasteiger partial charge in [-0.2, -0.15) is 0 Å². The maximum absolute atomic E-state index is 13.1. The summed E-state index contributed by atoms with van der Waals surface area (Å²) in [6.07, 6.45) is 0. The first-order chi connectivity index (χ1) is 9.06. The minimum Gasteiger partial charge on any atom is -0.309 e. The smallest absolute Gasteiger partial charge is 0.123 e. The molecule has 5 heteroatoms. The van der Waals surface area contributed by atoms with E-state index in [1.165, 1.54) is 12.1 Å². The first-order valence-electron chi connectivity index (χ1n) is 5.65. The van der Waals surface area contributed by atoms with Crippen molar-refractivity contribution in [3.8, 4) is 0 Å². The average Bonchev–Trinajstić information content (AvgIpc) is 2.38. The van der Waals surface area contributed by atoms with Gasteiger partial charge in [-0.3, -0.25) is 0 Å². The summed E-state index contributed by atoms with van der Waals surface area (Å²) < 4.78 is 14.9. The summed E-state index contributed by atoms with van der Waals surface area (Å²) in [5.41, 5.74) is 2.01. The molecule has 0 fully saturated rings. The third kappa shape index (κ3) is 4.28. The Kier molecular flexibility index (Phi) is 5.39. The second-order valence-corrected chi connectivity index (χ2v) is 6.20. The van der Waals surface area contributed by atoms with Gasteiger partial charge in [0.1, 0.15) is 5.82 Å². The molecule has 1 nitrogen and oxygen atoms in total. The number of nitrogens with one attached hydrogen (secondary N) is 1. The summed E-state index contributed by atoms with van der Waals surface area (Å²) in [6, 6.07) is 10.4. The molecule has 0 aliphatic heterocycles. The summed E-state index contributed by atoms with van der Waals surface area (Å²) in [6.45, 7) is 1.29. The maximum atomic E-state index is 13.1. The summed E-state index contributed by atoms with van der Waals surface area (Å²) >= 11 is 12.7. The van der Waals surface area contributed by atoms with Crippen LogP contribution in [0.5, 0.6) is 0 Å². The molecule has 0 saturated heterocycles. The Hall–Kier alpha value is -0.420. The van der Waals surface area contributed by atoms with Crippen molar-refractivity contribution in [1.29, 1.82) is 0 Å². The molecule has 0 aliphatic rings. The number of hydrogen-bond acceptors (Lipinski definition) is 1. The first kappa shape index (κ1) is 15.0. The molecule has 0 unspecified atom stereocenters. The minimum atomic E-state index is -0.228. The van der Waals surface area contributed by atoms with Crippen molar-refractivity contribution in [2.75, 3.05) is 0 Å². The molecule has 100 valence electrons. The third-order valence-electron chi connectivity index (χ3n) is 2.64. The van der Waals surface area contributed by atoms with E-state index in [1.54, 1.807) is 6.07 Å². The number of benzene rings is 2. The zero-order valence-corrected chi connectivity index (χ0v) is 13.8. The summed E-state index contributed by atoms with van der Waals surface area (Å²) in [5.74, 6) is -0.228. The van der Waals surface area contributed by atoms with E-state index in [-0.39, 0.29) is 5.82 Å². The largest absolute Gasteiger partial charge is 0.309 e. The van der Waals surface area contributed by atoms with Gasteiger partial charge in [0, 0.05) is 22.0 Å². The highest BCUT2D eigenvalue weighted by molar-refractivity contribution is 9.10. The van der Waals surface area contributed by atoms with Gasteiger partial charge in [0.15, 0.2) is 0 Å². The molecule has 0 radical (unpaired) electrons. The molecule has 0 aromatic heterocycles. The van der Waals surface area contributed by atoms with Crippen LogP contribution in [-0.4, -0.2) is 0 Å². The van der Waals surface area contributed by atoms with Crippen molar-refractivity contribution in [3.63, 3.8) is 0 Å². The lowest BCUT2D eigenvalue weighted by Crippen LogP contribution is -2.13. The van der Waals surface area contributed by atoms with Gasteiger partial charge in [-0.05, 0) is 57.4 Å². The molecule has 0 heterocycles. The van der Waals surface area contributed by atoms with E-state index in [9.17, 15) is 4.39 Å². The highest BCUT2D eigenvalue weighted by Gasteiger charge is 2.03. The molecular formula is C14H11Br2ClFN. The average molecular weight is 408 g/mol. The number of halogens is 4. The molecule has 2 rings (SSSR count). The lowest BCUT2D eigenvalue weighted by Gasteiger charge is -2.08. The Bertz CT molecular complexity index is 590. The van der Waals surface area contributed by atoms with E-state index in [1.807, 2.05) is 18.2 Å². The Balaban J connectivity index is 1.96. The molecule has 0 atom stereocenters. The quantitative estimate of drug-likeness (QED) is 0.726. The zero-order valence-electron chi connectivity index (χ0n) is 9.89. The molecule has 0 spiro atoms. The van der Waals surface area contributed by atoms with Gasteiger partial charge in [0.25, 0.3) is 0 Å². The van der Waals surface area contributed by atoms with Gasteiger partial charge in [-0.25, -0.2) is 4.39 Å². The van der Waals surface area contributed by atoms with Crippen molar-refractivity contribution < 1.29 is 4.39 Å². The second kappa shape index (κ2) is 6.84. The van der Waals surface area contributed by atoms with Gasteiger partial charge in [0.05, 0.1) is 5.02 Å². The normalized spacial score (nSPS) is 10.7. The molecule has 19 heavy (non-hydrogen) atoms. The van der Waals surface area contributed by atoms with Crippen LogP contribution in [0.2, 0.25) is 5.02 Å². The first-order valence-corrected chi connectivity index (χ1v) is 7.61. The Morgan fingerprint density at radius 3 is 2.53 bits per heavy atom. The minimum absolute atomic E-state index is 0.228. The Labute approximate surface area is 133 Å². The second-order valence-electron chi connectivity index (χ2n) is 4.09. The molecular weight excluding hydrogens is 396 g/mol. The van der Waals surface area contributed by atoms with Crippen LogP contribution in [0.1, 0.15) is 11.1 Å². The van der Waals surface area contributed by atoms with E-state index in [0.717, 1.165) is 20.1 Å². The van der Waals surface area contributed by atoms with Gasteiger partial charge in [0.2, 0.25) is 0 Å². The predicted molar refractivity (Wildman–Crippen MR) is 83.8 cm³/mol. The molecule has 1 N–H and O–H groups in total. The lowest BCUT2D eigenvalue weighted by atomic mass is 10.2. The van der Waals surface area contributed by atoms with Crippen molar-refractivity contribution in [3.05, 3.63) is 67.3 Å². The van der Waals surface area contributed by atoms with Gasteiger partial charge < -0.3 is 5.32 Å². The van der Waals surface area contributed by atoms with Crippen LogP contribution in [0.25, 0.3) is 0 Å². The molecule has 2 aromatic carbocycles. The third-order valence-corrected chi connectivity index (χ3v) is 4.62. The summed E-state index contributed by atoms with van der Waals surface area (Å²) in [5, 5.41) is 3.96. The van der Waals surface area contributed by atoms with E-state index < -0.39 is 0 Å². The van der Waals surface area contributed by atoms with Crippen molar-refractivity contribution in [1.82, 2.24) is 5.32 Å². The maximum Gasteiger partial charge on any atom is 0.123 e.